The van der Waals surface area contributed by atoms with E-state index in [1.807, 2.05) is 55.5 Å². The molecule has 1 heterocycles. The van der Waals surface area contributed by atoms with Crippen LogP contribution in [-0.4, -0.2) is 19.0 Å². The number of nitrogens with one attached hydrogen (secondary N) is 2. The minimum atomic E-state index is 0. The molecule has 0 bridgehead atoms. The van der Waals surface area contributed by atoms with Gasteiger partial charge in [0.15, 0.2) is 0 Å². The van der Waals surface area contributed by atoms with E-state index in [-0.39, 0.29) is 18.3 Å². The molecule has 0 saturated carbocycles. The van der Waals surface area contributed by atoms with Crippen LogP contribution in [0.15, 0.2) is 48.5 Å². The third-order valence-electron chi connectivity index (χ3n) is 5.55. The molecule has 4 nitrogen and oxygen atoms in total. The first-order chi connectivity index (χ1) is 13.1. The van der Waals surface area contributed by atoms with Crippen LogP contribution < -0.4 is 15.4 Å². The Kier molecular flexibility index (Phi) is 8.81. The maximum Gasteiger partial charge on any atom is 0.224 e. The molecule has 2 aromatic carbocycles. The molecule has 28 heavy (non-hydrogen) atoms. The van der Waals surface area contributed by atoms with E-state index in [1.165, 1.54) is 12.8 Å². The van der Waals surface area contributed by atoms with Crippen molar-refractivity contribution in [3.8, 4) is 5.75 Å². The highest BCUT2D eigenvalue weighted by molar-refractivity contribution is 5.91. The highest BCUT2D eigenvalue weighted by Gasteiger charge is 2.22. The maximum absolute atomic E-state index is 12.6. The summed E-state index contributed by atoms with van der Waals surface area (Å²) in [5.74, 6) is 2.01. The molecule has 3 rings (SSSR count). The van der Waals surface area contributed by atoms with Crippen LogP contribution in [0.3, 0.4) is 0 Å². The second kappa shape index (κ2) is 11.1. The monoisotopic (exact) mass is 402 g/mol. The zero-order valence-electron chi connectivity index (χ0n) is 16.7. The lowest BCUT2D eigenvalue weighted by molar-refractivity contribution is -0.117. The van der Waals surface area contributed by atoms with E-state index < -0.39 is 0 Å². The number of carbonyl (C=O) groups is 1. The van der Waals surface area contributed by atoms with Gasteiger partial charge in [-0.1, -0.05) is 37.3 Å². The lowest BCUT2D eigenvalue weighted by Crippen LogP contribution is -2.32. The Labute approximate surface area is 174 Å². The van der Waals surface area contributed by atoms with Gasteiger partial charge in [0.2, 0.25) is 5.91 Å². The highest BCUT2D eigenvalue weighted by atomic mass is 35.5. The number of halogens is 1. The molecule has 0 spiro atoms. The number of ether oxygens (including phenoxy) is 1. The largest absolute Gasteiger partial charge is 0.489 e. The van der Waals surface area contributed by atoms with Gasteiger partial charge < -0.3 is 15.4 Å². The van der Waals surface area contributed by atoms with Crippen LogP contribution in [0.25, 0.3) is 0 Å². The van der Waals surface area contributed by atoms with E-state index in [4.69, 9.17) is 4.74 Å². The van der Waals surface area contributed by atoms with E-state index in [0.29, 0.717) is 24.9 Å². The van der Waals surface area contributed by atoms with Crippen LogP contribution in [0.1, 0.15) is 37.3 Å². The molecule has 152 valence electrons. The number of para-hydroxylation sites is 1. The molecular formula is C23H31ClN2O2. The molecule has 2 aromatic rings. The van der Waals surface area contributed by atoms with Gasteiger partial charge in [0.1, 0.15) is 12.4 Å². The minimum absolute atomic E-state index is 0. The second-order valence-electron chi connectivity index (χ2n) is 7.51. The molecule has 1 fully saturated rings. The molecule has 1 aliphatic heterocycles. The predicted molar refractivity (Wildman–Crippen MR) is 117 cm³/mol. The van der Waals surface area contributed by atoms with Gasteiger partial charge in [0.25, 0.3) is 0 Å². The van der Waals surface area contributed by atoms with Crippen LogP contribution >= 0.6 is 12.4 Å². The summed E-state index contributed by atoms with van der Waals surface area (Å²) in [5.41, 5.74) is 3.03. The zero-order valence-corrected chi connectivity index (χ0v) is 17.6. The number of carbonyl (C=O) groups excluding carboxylic acids is 1. The van der Waals surface area contributed by atoms with Crippen molar-refractivity contribution < 1.29 is 9.53 Å². The zero-order chi connectivity index (χ0) is 19.1. The summed E-state index contributed by atoms with van der Waals surface area (Å²) in [6, 6.07) is 15.8. The first-order valence-corrected chi connectivity index (χ1v) is 9.90. The summed E-state index contributed by atoms with van der Waals surface area (Å²) >= 11 is 0. The summed E-state index contributed by atoms with van der Waals surface area (Å²) in [6.45, 7) is 6.87. The van der Waals surface area contributed by atoms with Crippen LogP contribution in [0, 0.1) is 18.8 Å². The summed E-state index contributed by atoms with van der Waals surface area (Å²) in [7, 11) is 0. The van der Waals surface area contributed by atoms with Crippen molar-refractivity contribution in [1.82, 2.24) is 5.32 Å². The topological polar surface area (TPSA) is 50.4 Å². The van der Waals surface area contributed by atoms with Crippen molar-refractivity contribution >= 4 is 24.0 Å². The number of hydrogen-bond acceptors (Lipinski definition) is 3. The SMILES string of the molecule is Cc1c(COc2ccccc2)cccc1NC(=O)CC(C)C1CCNCC1.Cl. The summed E-state index contributed by atoms with van der Waals surface area (Å²) in [4.78, 5) is 12.6. The summed E-state index contributed by atoms with van der Waals surface area (Å²) in [6.07, 6.45) is 2.91. The van der Waals surface area contributed by atoms with E-state index in [9.17, 15) is 4.79 Å². The predicted octanol–water partition coefficient (Wildman–Crippen LogP) is 4.96. The Balaban J connectivity index is 0.00000280. The number of piperidine rings is 1. The standard InChI is InChI=1S/C23H30N2O2.ClH/c1-17(19-11-13-24-14-12-19)15-23(26)25-22-10-6-7-20(18(22)2)16-27-21-8-4-3-5-9-21;/h3-10,17,19,24H,11-16H2,1-2H3,(H,25,26);1H. The lowest BCUT2D eigenvalue weighted by Gasteiger charge is -2.28. The second-order valence-corrected chi connectivity index (χ2v) is 7.51. The van der Waals surface area contributed by atoms with Gasteiger partial charge in [-0.25, -0.2) is 0 Å². The molecule has 1 amide bonds. The van der Waals surface area contributed by atoms with Gasteiger partial charge in [0, 0.05) is 12.1 Å². The number of rotatable bonds is 7. The van der Waals surface area contributed by atoms with Crippen LogP contribution in [0.4, 0.5) is 5.69 Å². The smallest absolute Gasteiger partial charge is 0.224 e. The van der Waals surface area contributed by atoms with Gasteiger partial charge in [-0.05, 0) is 74.0 Å². The molecule has 5 heteroatoms. The van der Waals surface area contributed by atoms with Crippen molar-refractivity contribution in [3.63, 3.8) is 0 Å². The first-order valence-electron chi connectivity index (χ1n) is 9.90. The minimum Gasteiger partial charge on any atom is -0.489 e. The van der Waals surface area contributed by atoms with Crippen molar-refractivity contribution in [3.05, 3.63) is 59.7 Å². The Morgan fingerprint density at radius 1 is 1.14 bits per heavy atom. The number of benzene rings is 2. The van der Waals surface area contributed by atoms with Crippen molar-refractivity contribution in [2.45, 2.75) is 39.7 Å². The first kappa shape index (κ1) is 22.3. The van der Waals surface area contributed by atoms with Crippen molar-refractivity contribution in [1.29, 1.82) is 0 Å². The van der Waals surface area contributed by atoms with Gasteiger partial charge in [-0.15, -0.1) is 12.4 Å². The number of anilines is 1. The van der Waals surface area contributed by atoms with E-state index in [1.54, 1.807) is 0 Å². The molecule has 1 atom stereocenters. The van der Waals surface area contributed by atoms with Crippen molar-refractivity contribution in [2.24, 2.45) is 11.8 Å². The van der Waals surface area contributed by atoms with Crippen LogP contribution in [0.2, 0.25) is 0 Å². The lowest BCUT2D eigenvalue weighted by atomic mass is 9.84. The number of amides is 1. The van der Waals surface area contributed by atoms with Gasteiger partial charge in [-0.3, -0.25) is 4.79 Å². The third kappa shape index (κ3) is 6.25. The normalized spacial score (nSPS) is 15.4. The Morgan fingerprint density at radius 3 is 2.57 bits per heavy atom. The van der Waals surface area contributed by atoms with Gasteiger partial charge >= 0.3 is 0 Å². The number of hydrogen-bond donors (Lipinski definition) is 2. The molecule has 2 N–H and O–H groups in total. The fourth-order valence-corrected chi connectivity index (χ4v) is 3.73. The molecule has 0 aliphatic carbocycles. The molecule has 1 aliphatic rings. The summed E-state index contributed by atoms with van der Waals surface area (Å²) in [5, 5.41) is 6.50. The molecule has 1 unspecified atom stereocenters. The van der Waals surface area contributed by atoms with E-state index in [0.717, 1.165) is 35.7 Å². The molecule has 0 aromatic heterocycles. The summed E-state index contributed by atoms with van der Waals surface area (Å²) < 4.78 is 5.86. The average Bonchev–Trinajstić information content (AvgIpc) is 2.70. The molecular weight excluding hydrogens is 372 g/mol. The van der Waals surface area contributed by atoms with Crippen molar-refractivity contribution in [2.75, 3.05) is 18.4 Å². The molecule has 1 saturated heterocycles. The Bertz CT molecular complexity index is 746. The maximum atomic E-state index is 12.6. The molecule has 0 radical (unpaired) electrons. The Morgan fingerprint density at radius 2 is 1.86 bits per heavy atom. The highest BCUT2D eigenvalue weighted by Crippen LogP contribution is 2.26. The average molecular weight is 403 g/mol. The van der Waals surface area contributed by atoms with Gasteiger partial charge in [0.05, 0.1) is 0 Å². The van der Waals surface area contributed by atoms with Gasteiger partial charge in [-0.2, -0.15) is 0 Å². The Hall–Kier alpha value is -2.04. The van der Waals surface area contributed by atoms with Crippen LogP contribution in [-0.2, 0) is 11.4 Å². The third-order valence-corrected chi connectivity index (χ3v) is 5.55. The fourth-order valence-electron chi connectivity index (χ4n) is 3.73. The van der Waals surface area contributed by atoms with E-state index in [2.05, 4.69) is 17.6 Å². The van der Waals surface area contributed by atoms with E-state index >= 15 is 0 Å². The fraction of sp³-hybridized carbons (Fsp3) is 0.435. The quantitative estimate of drug-likeness (QED) is 0.688. The van der Waals surface area contributed by atoms with Crippen LogP contribution in [0.5, 0.6) is 5.75 Å².